The number of hydrogen-bond acceptors (Lipinski definition) is 3. The van der Waals surface area contributed by atoms with Crippen molar-refractivity contribution < 1.29 is 9.59 Å². The van der Waals surface area contributed by atoms with E-state index in [0.29, 0.717) is 5.57 Å². The quantitative estimate of drug-likeness (QED) is 0.189. The van der Waals surface area contributed by atoms with Crippen molar-refractivity contribution in [3.05, 3.63) is 149 Å². The molecule has 2 aliphatic carbocycles. The predicted molar refractivity (Wildman–Crippen MR) is 166 cm³/mol. The van der Waals surface area contributed by atoms with Crippen molar-refractivity contribution in [3.8, 4) is 0 Å². The Morgan fingerprint density at radius 3 is 1.90 bits per heavy atom. The first kappa shape index (κ1) is 29.5. The highest BCUT2D eigenvalue weighted by atomic mass is 35.5. The van der Waals surface area contributed by atoms with Crippen LogP contribution >= 0.6 is 12.4 Å². The van der Waals surface area contributed by atoms with Gasteiger partial charge >= 0.3 is 0 Å². The van der Waals surface area contributed by atoms with Crippen molar-refractivity contribution in [2.24, 2.45) is 0 Å². The summed E-state index contributed by atoms with van der Waals surface area (Å²) < 4.78 is 0. The van der Waals surface area contributed by atoms with Crippen molar-refractivity contribution in [1.82, 2.24) is 4.90 Å². The van der Waals surface area contributed by atoms with Crippen LogP contribution in [-0.4, -0.2) is 37.1 Å². The second-order valence-corrected chi connectivity index (χ2v) is 9.54. The van der Waals surface area contributed by atoms with E-state index in [1.54, 1.807) is 6.08 Å². The Kier molecular flexibility index (Phi) is 10.7. The van der Waals surface area contributed by atoms with Crippen molar-refractivity contribution in [2.75, 3.05) is 20.6 Å². The van der Waals surface area contributed by atoms with Gasteiger partial charge in [0.25, 0.3) is 0 Å². The second kappa shape index (κ2) is 14.2. The van der Waals surface area contributed by atoms with E-state index in [-0.39, 0.29) is 29.9 Å². The summed E-state index contributed by atoms with van der Waals surface area (Å²) in [5.74, 6) is -0.502. The molecule has 198 valence electrons. The normalized spacial score (nSPS) is 14.1. The monoisotopic (exact) mass is 535 g/mol. The maximum atomic E-state index is 11.8. The molecule has 0 bridgehead atoms. The first-order chi connectivity index (χ1) is 18.5. The van der Waals surface area contributed by atoms with Crippen molar-refractivity contribution in [1.29, 1.82) is 0 Å². The SMILES string of the molecule is C=CC(C1=CC(=O)C=CC1=O)c1ccccc1.CN(C)CCC=C1c2ccccc2C=Cc2ccccc21.Cl. The van der Waals surface area contributed by atoms with Crippen LogP contribution in [0.25, 0.3) is 17.7 Å². The van der Waals surface area contributed by atoms with Crippen molar-refractivity contribution in [2.45, 2.75) is 12.3 Å². The maximum Gasteiger partial charge on any atom is 0.183 e. The van der Waals surface area contributed by atoms with Crippen molar-refractivity contribution >= 4 is 41.7 Å². The Labute approximate surface area is 238 Å². The zero-order valence-corrected chi connectivity index (χ0v) is 23.2. The molecule has 0 spiro atoms. The molecule has 0 fully saturated rings. The molecule has 3 aromatic carbocycles. The summed E-state index contributed by atoms with van der Waals surface area (Å²) >= 11 is 0. The minimum Gasteiger partial charge on any atom is -0.309 e. The molecule has 0 N–H and O–H groups in total. The van der Waals surface area contributed by atoms with Crippen LogP contribution in [0.1, 0.15) is 40.2 Å². The summed E-state index contributed by atoms with van der Waals surface area (Å²) in [6.45, 7) is 4.81. The molecule has 3 nitrogen and oxygen atoms in total. The van der Waals surface area contributed by atoms with Gasteiger partial charge in [0, 0.05) is 18.0 Å². The molecular formula is C35H34ClNO2. The molecule has 1 unspecified atom stereocenters. The molecule has 0 radical (unpaired) electrons. The van der Waals surface area contributed by atoms with E-state index < -0.39 is 0 Å². The summed E-state index contributed by atoms with van der Waals surface area (Å²) in [6, 6.07) is 26.8. The van der Waals surface area contributed by atoms with Crippen LogP contribution in [-0.2, 0) is 9.59 Å². The van der Waals surface area contributed by atoms with E-state index >= 15 is 0 Å². The van der Waals surface area contributed by atoms with Crippen LogP contribution in [0.4, 0.5) is 0 Å². The predicted octanol–water partition coefficient (Wildman–Crippen LogP) is 7.57. The molecule has 0 aromatic heterocycles. The van der Waals surface area contributed by atoms with Crippen LogP contribution in [0.3, 0.4) is 0 Å². The second-order valence-electron chi connectivity index (χ2n) is 9.54. The smallest absolute Gasteiger partial charge is 0.183 e. The van der Waals surface area contributed by atoms with Gasteiger partial charge in [-0.2, -0.15) is 0 Å². The fraction of sp³-hybridized carbons (Fsp3) is 0.143. The Morgan fingerprint density at radius 1 is 0.769 bits per heavy atom. The largest absolute Gasteiger partial charge is 0.309 e. The van der Waals surface area contributed by atoms with Gasteiger partial charge < -0.3 is 4.90 Å². The van der Waals surface area contributed by atoms with E-state index in [1.807, 2.05) is 30.3 Å². The average Bonchev–Trinajstić information content (AvgIpc) is 3.09. The van der Waals surface area contributed by atoms with Gasteiger partial charge in [-0.1, -0.05) is 103 Å². The number of allylic oxidation sites excluding steroid dienone is 5. The molecule has 5 rings (SSSR count). The Balaban J connectivity index is 0.000000215. The lowest BCUT2D eigenvalue weighted by atomic mass is 9.86. The highest BCUT2D eigenvalue weighted by molar-refractivity contribution is 6.18. The molecule has 4 heteroatoms. The van der Waals surface area contributed by atoms with E-state index in [0.717, 1.165) is 18.5 Å². The molecule has 0 aliphatic heterocycles. The number of fused-ring (bicyclic) bond motifs is 2. The molecular weight excluding hydrogens is 502 g/mol. The highest BCUT2D eigenvalue weighted by Gasteiger charge is 2.21. The van der Waals surface area contributed by atoms with Crippen LogP contribution in [0, 0.1) is 0 Å². The number of nitrogens with zero attached hydrogens (tertiary/aromatic N) is 1. The van der Waals surface area contributed by atoms with Crippen LogP contribution in [0.2, 0.25) is 0 Å². The molecule has 0 amide bonds. The zero-order chi connectivity index (χ0) is 26.9. The Hall–Kier alpha value is -4.05. The molecule has 1 atom stereocenters. The van der Waals surface area contributed by atoms with Gasteiger partial charge in [-0.05, 0) is 72.1 Å². The fourth-order valence-electron chi connectivity index (χ4n) is 4.66. The number of halogens is 1. The summed E-state index contributed by atoms with van der Waals surface area (Å²) in [4.78, 5) is 25.3. The minimum atomic E-state index is -0.224. The van der Waals surface area contributed by atoms with Gasteiger partial charge in [0.2, 0.25) is 0 Å². The van der Waals surface area contributed by atoms with Crippen LogP contribution < -0.4 is 0 Å². The molecule has 2 aliphatic rings. The molecule has 0 saturated carbocycles. The summed E-state index contributed by atoms with van der Waals surface area (Å²) in [5, 5.41) is 0. The number of ketones is 2. The highest BCUT2D eigenvalue weighted by Crippen LogP contribution is 2.34. The van der Waals surface area contributed by atoms with Crippen LogP contribution in [0.15, 0.2) is 121 Å². The van der Waals surface area contributed by atoms with Gasteiger partial charge in [0.15, 0.2) is 11.6 Å². The number of hydrogen-bond donors (Lipinski definition) is 0. The van der Waals surface area contributed by atoms with Gasteiger partial charge in [0.05, 0.1) is 0 Å². The zero-order valence-electron chi connectivity index (χ0n) is 22.4. The number of carbonyl (C=O) groups is 2. The summed E-state index contributed by atoms with van der Waals surface area (Å²) in [6.07, 6.45) is 13.6. The molecule has 39 heavy (non-hydrogen) atoms. The Bertz CT molecular complexity index is 1390. The first-order valence-corrected chi connectivity index (χ1v) is 12.8. The summed E-state index contributed by atoms with van der Waals surface area (Å²) in [7, 11) is 4.24. The number of carbonyl (C=O) groups excluding carboxylic acids is 2. The van der Waals surface area contributed by atoms with E-state index in [1.165, 1.54) is 46.1 Å². The third-order valence-corrected chi connectivity index (χ3v) is 6.58. The van der Waals surface area contributed by atoms with Gasteiger partial charge in [-0.3, -0.25) is 9.59 Å². The molecule has 3 aromatic rings. The van der Waals surface area contributed by atoms with E-state index in [2.05, 4.69) is 92.3 Å². The fourth-order valence-corrected chi connectivity index (χ4v) is 4.66. The van der Waals surface area contributed by atoms with Crippen LogP contribution in [0.5, 0.6) is 0 Å². The lowest BCUT2D eigenvalue weighted by molar-refractivity contribution is -0.114. The Morgan fingerprint density at radius 2 is 1.33 bits per heavy atom. The van der Waals surface area contributed by atoms with Gasteiger partial charge in [0.1, 0.15) is 0 Å². The standard InChI is InChI=1S/C20H21N.C15H12O2.ClH/c1-21(2)15-7-12-20-18-10-5-3-8-16(18)13-14-17-9-4-6-11-19(17)20;1-2-13(11-6-4-3-5-7-11)14-10-12(16)8-9-15(14)17;/h3-6,8-14H,7,15H2,1-2H3;2-10,13H,1H2;1H. The average molecular weight is 536 g/mol. The number of rotatable bonds is 6. The first-order valence-electron chi connectivity index (χ1n) is 12.8. The molecule has 0 heterocycles. The third kappa shape index (κ3) is 7.51. The van der Waals surface area contributed by atoms with Crippen molar-refractivity contribution in [3.63, 3.8) is 0 Å². The molecule has 0 saturated heterocycles. The minimum absolute atomic E-state index is 0. The van der Waals surface area contributed by atoms with Gasteiger partial charge in [-0.25, -0.2) is 0 Å². The van der Waals surface area contributed by atoms with E-state index in [4.69, 9.17) is 0 Å². The summed E-state index contributed by atoms with van der Waals surface area (Å²) in [5.41, 5.74) is 8.06. The maximum absolute atomic E-state index is 11.8. The third-order valence-electron chi connectivity index (χ3n) is 6.58. The lowest BCUT2D eigenvalue weighted by Crippen LogP contribution is -2.13. The number of benzene rings is 3. The lowest BCUT2D eigenvalue weighted by Gasteiger charge is -2.16. The van der Waals surface area contributed by atoms with Gasteiger partial charge in [-0.15, -0.1) is 19.0 Å². The van der Waals surface area contributed by atoms with E-state index in [9.17, 15) is 9.59 Å². The topological polar surface area (TPSA) is 37.4 Å².